The molecule has 2 nitrogen and oxygen atoms in total. The Morgan fingerprint density at radius 3 is 2.50 bits per heavy atom. The van der Waals surface area contributed by atoms with Crippen molar-refractivity contribution in [2.75, 3.05) is 6.54 Å². The lowest BCUT2D eigenvalue weighted by atomic mass is 10.1. The molecule has 0 aliphatic carbocycles. The second kappa shape index (κ2) is 5.55. The molecule has 0 fully saturated rings. The van der Waals surface area contributed by atoms with Gasteiger partial charge in [0.1, 0.15) is 11.9 Å². The number of rotatable bonds is 4. The minimum absolute atomic E-state index is 0.0964. The summed E-state index contributed by atoms with van der Waals surface area (Å²) in [6.45, 7) is 9.23. The Morgan fingerprint density at radius 2 is 1.94 bits per heavy atom. The molecule has 0 saturated heterocycles. The van der Waals surface area contributed by atoms with E-state index in [0.29, 0.717) is 5.02 Å². The first-order chi connectivity index (χ1) is 7.38. The fraction of sp³-hybridized carbons (Fsp3) is 0.538. The van der Waals surface area contributed by atoms with Gasteiger partial charge in [0, 0.05) is 12.1 Å². The number of ether oxygens (including phenoxy) is 1. The van der Waals surface area contributed by atoms with Crippen molar-refractivity contribution in [2.24, 2.45) is 0 Å². The summed E-state index contributed by atoms with van der Waals surface area (Å²) >= 11 is 6.01. The maximum atomic E-state index is 6.01. The summed E-state index contributed by atoms with van der Waals surface area (Å²) in [6.07, 6.45) is 0.0964. The van der Waals surface area contributed by atoms with Crippen LogP contribution in [0.3, 0.4) is 0 Å². The zero-order valence-corrected chi connectivity index (χ0v) is 11.1. The minimum atomic E-state index is 0.0964. The van der Waals surface area contributed by atoms with Gasteiger partial charge in [-0.15, -0.1) is 0 Å². The first kappa shape index (κ1) is 13.3. The summed E-state index contributed by atoms with van der Waals surface area (Å²) in [5, 5.41) is 4.05. The van der Waals surface area contributed by atoms with Crippen molar-refractivity contribution < 1.29 is 4.74 Å². The van der Waals surface area contributed by atoms with E-state index >= 15 is 0 Å². The Morgan fingerprint density at radius 1 is 1.31 bits per heavy atom. The fourth-order valence-corrected chi connectivity index (χ4v) is 1.43. The first-order valence-electron chi connectivity index (χ1n) is 5.55. The molecule has 1 aromatic carbocycles. The van der Waals surface area contributed by atoms with Crippen LogP contribution in [-0.2, 0) is 0 Å². The van der Waals surface area contributed by atoms with Crippen LogP contribution in [0.25, 0.3) is 0 Å². The summed E-state index contributed by atoms with van der Waals surface area (Å²) in [5.41, 5.74) is 0.109. The first-order valence-corrected chi connectivity index (χ1v) is 5.92. The quantitative estimate of drug-likeness (QED) is 0.871. The van der Waals surface area contributed by atoms with E-state index in [9.17, 15) is 0 Å². The molecule has 0 aliphatic rings. The van der Waals surface area contributed by atoms with Gasteiger partial charge < -0.3 is 10.1 Å². The average molecular weight is 242 g/mol. The zero-order valence-electron chi connectivity index (χ0n) is 10.4. The summed E-state index contributed by atoms with van der Waals surface area (Å²) in [5.74, 6) is 0.743. The molecule has 1 N–H and O–H groups in total. The number of hydrogen-bond donors (Lipinski definition) is 1. The third-order valence-corrected chi connectivity index (χ3v) is 2.40. The molecular weight excluding hydrogens is 222 g/mol. The fourth-order valence-electron chi connectivity index (χ4n) is 1.25. The molecule has 0 bridgehead atoms. The second-order valence-electron chi connectivity index (χ2n) is 4.99. The molecule has 1 rings (SSSR count). The van der Waals surface area contributed by atoms with E-state index in [1.165, 1.54) is 0 Å². The molecule has 0 saturated carbocycles. The molecule has 0 aliphatic heterocycles. The number of nitrogens with one attached hydrogen (secondary N) is 1. The molecule has 16 heavy (non-hydrogen) atoms. The van der Waals surface area contributed by atoms with Crippen LogP contribution in [0.1, 0.15) is 27.7 Å². The standard InChI is InChI=1S/C13H20ClNO/c1-10(9-15-13(2,3)4)16-12-8-6-5-7-11(12)14/h5-8,10,15H,9H2,1-4H3. The van der Waals surface area contributed by atoms with Gasteiger partial charge in [-0.25, -0.2) is 0 Å². The summed E-state index contributed by atoms with van der Waals surface area (Å²) in [6, 6.07) is 7.54. The normalized spacial score (nSPS) is 13.6. The van der Waals surface area contributed by atoms with Gasteiger partial charge >= 0.3 is 0 Å². The van der Waals surface area contributed by atoms with Crippen molar-refractivity contribution in [3.05, 3.63) is 29.3 Å². The predicted molar refractivity (Wildman–Crippen MR) is 69.3 cm³/mol. The van der Waals surface area contributed by atoms with Crippen molar-refractivity contribution in [1.82, 2.24) is 5.32 Å². The van der Waals surface area contributed by atoms with E-state index in [0.717, 1.165) is 12.3 Å². The molecule has 1 unspecified atom stereocenters. The van der Waals surface area contributed by atoms with Crippen molar-refractivity contribution in [3.8, 4) is 5.75 Å². The molecule has 1 aromatic rings. The zero-order chi connectivity index (χ0) is 12.2. The van der Waals surface area contributed by atoms with Gasteiger partial charge in [-0.2, -0.15) is 0 Å². The Balaban J connectivity index is 2.46. The van der Waals surface area contributed by atoms with Crippen molar-refractivity contribution in [1.29, 1.82) is 0 Å². The summed E-state index contributed by atoms with van der Waals surface area (Å²) < 4.78 is 5.75. The van der Waals surface area contributed by atoms with E-state index in [4.69, 9.17) is 16.3 Å². The highest BCUT2D eigenvalue weighted by Crippen LogP contribution is 2.24. The number of para-hydroxylation sites is 1. The van der Waals surface area contributed by atoms with E-state index in [1.54, 1.807) is 0 Å². The average Bonchev–Trinajstić information content (AvgIpc) is 2.18. The monoisotopic (exact) mass is 241 g/mol. The second-order valence-corrected chi connectivity index (χ2v) is 5.40. The van der Waals surface area contributed by atoms with Crippen LogP contribution in [0.5, 0.6) is 5.75 Å². The lowest BCUT2D eigenvalue weighted by molar-refractivity contribution is 0.203. The number of halogens is 1. The van der Waals surface area contributed by atoms with E-state index < -0.39 is 0 Å². The summed E-state index contributed by atoms with van der Waals surface area (Å²) in [7, 11) is 0. The van der Waals surface area contributed by atoms with Gasteiger partial charge in [-0.1, -0.05) is 23.7 Å². The predicted octanol–water partition coefficient (Wildman–Crippen LogP) is 3.50. The third-order valence-electron chi connectivity index (χ3n) is 2.08. The van der Waals surface area contributed by atoms with E-state index in [-0.39, 0.29) is 11.6 Å². The largest absolute Gasteiger partial charge is 0.488 e. The lowest BCUT2D eigenvalue weighted by Gasteiger charge is -2.24. The molecule has 0 spiro atoms. The van der Waals surface area contributed by atoms with Gasteiger partial charge in [0.2, 0.25) is 0 Å². The van der Waals surface area contributed by atoms with Crippen molar-refractivity contribution in [3.63, 3.8) is 0 Å². The lowest BCUT2D eigenvalue weighted by Crippen LogP contribution is -2.41. The smallest absolute Gasteiger partial charge is 0.138 e. The van der Waals surface area contributed by atoms with Gasteiger partial charge in [0.25, 0.3) is 0 Å². The van der Waals surface area contributed by atoms with Crippen LogP contribution in [0, 0.1) is 0 Å². The number of benzene rings is 1. The molecule has 0 amide bonds. The van der Waals surface area contributed by atoms with Crippen LogP contribution in [0.2, 0.25) is 5.02 Å². The highest BCUT2D eigenvalue weighted by Gasteiger charge is 2.12. The maximum Gasteiger partial charge on any atom is 0.138 e. The molecule has 0 radical (unpaired) electrons. The van der Waals surface area contributed by atoms with Gasteiger partial charge in [-0.3, -0.25) is 0 Å². The molecule has 0 aromatic heterocycles. The van der Waals surface area contributed by atoms with Crippen LogP contribution in [0.4, 0.5) is 0 Å². The van der Waals surface area contributed by atoms with Crippen molar-refractivity contribution >= 4 is 11.6 Å². The van der Waals surface area contributed by atoms with Crippen LogP contribution < -0.4 is 10.1 Å². The number of hydrogen-bond acceptors (Lipinski definition) is 2. The minimum Gasteiger partial charge on any atom is -0.488 e. The van der Waals surface area contributed by atoms with Gasteiger partial charge in [0.05, 0.1) is 5.02 Å². The Bertz CT molecular complexity index is 333. The van der Waals surface area contributed by atoms with Gasteiger partial charge in [-0.05, 0) is 39.8 Å². The summed E-state index contributed by atoms with van der Waals surface area (Å²) in [4.78, 5) is 0. The molecule has 90 valence electrons. The maximum absolute atomic E-state index is 6.01. The molecule has 0 heterocycles. The molecular formula is C13H20ClNO. The van der Waals surface area contributed by atoms with Crippen molar-refractivity contribution in [2.45, 2.75) is 39.3 Å². The Hall–Kier alpha value is -0.730. The van der Waals surface area contributed by atoms with Gasteiger partial charge in [0.15, 0.2) is 0 Å². The Kier molecular flexibility index (Phi) is 4.63. The highest BCUT2D eigenvalue weighted by atomic mass is 35.5. The molecule has 3 heteroatoms. The van der Waals surface area contributed by atoms with Crippen LogP contribution >= 0.6 is 11.6 Å². The topological polar surface area (TPSA) is 21.3 Å². The van der Waals surface area contributed by atoms with E-state index in [2.05, 4.69) is 26.1 Å². The SMILES string of the molecule is CC(CNC(C)(C)C)Oc1ccccc1Cl. The molecule has 1 atom stereocenters. The van der Waals surface area contributed by atoms with E-state index in [1.807, 2.05) is 31.2 Å². The Labute approximate surface area is 103 Å². The van der Waals surface area contributed by atoms with Crippen LogP contribution in [-0.4, -0.2) is 18.2 Å². The highest BCUT2D eigenvalue weighted by molar-refractivity contribution is 6.32. The van der Waals surface area contributed by atoms with Crippen LogP contribution in [0.15, 0.2) is 24.3 Å². The third kappa shape index (κ3) is 4.86.